The number of methoxy groups -OCH3 is 1. The Bertz CT molecular complexity index is 655. The number of carbonyl (C=O) groups excluding carboxylic acids is 1. The van der Waals surface area contributed by atoms with Gasteiger partial charge in [-0.05, 0) is 22.9 Å². The van der Waals surface area contributed by atoms with Gasteiger partial charge in [-0.3, -0.25) is 4.79 Å². The highest BCUT2D eigenvalue weighted by atomic mass is 32.2. The van der Waals surface area contributed by atoms with E-state index < -0.39 is 0 Å². The molecule has 110 valence electrons. The summed E-state index contributed by atoms with van der Waals surface area (Å²) < 4.78 is 4.57. The first-order valence-electron chi connectivity index (χ1n) is 6.61. The van der Waals surface area contributed by atoms with Crippen LogP contribution in [0.25, 0.3) is 10.8 Å². The molecule has 21 heavy (non-hydrogen) atoms. The number of oxime groups is 1. The third-order valence-corrected chi connectivity index (χ3v) is 4.18. The lowest BCUT2D eigenvalue weighted by Crippen LogP contribution is -2.08. The molecule has 0 aliphatic carbocycles. The van der Waals surface area contributed by atoms with Gasteiger partial charge < -0.3 is 9.94 Å². The van der Waals surface area contributed by atoms with Gasteiger partial charge in [0.05, 0.1) is 19.2 Å². The molecular formula is C16H17NO3S. The lowest BCUT2D eigenvalue weighted by molar-refractivity contribution is -0.140. The standard InChI is InChI=1S/C16H17NO3S/c1-20-16(18)9-7-14(17-19)11-21-15-8-6-12-4-2-3-5-13(12)10-15/h2-6,8,10,19H,7,9,11H2,1H3. The first kappa shape index (κ1) is 15.4. The van der Waals surface area contributed by atoms with Gasteiger partial charge in [0.15, 0.2) is 0 Å². The largest absolute Gasteiger partial charge is 0.469 e. The minimum atomic E-state index is -0.299. The van der Waals surface area contributed by atoms with Gasteiger partial charge in [0.2, 0.25) is 0 Å². The van der Waals surface area contributed by atoms with E-state index >= 15 is 0 Å². The smallest absolute Gasteiger partial charge is 0.305 e. The summed E-state index contributed by atoms with van der Waals surface area (Å²) in [5, 5.41) is 14.6. The number of esters is 1. The van der Waals surface area contributed by atoms with E-state index in [0.717, 1.165) is 4.90 Å². The molecule has 0 saturated carbocycles. The van der Waals surface area contributed by atoms with Gasteiger partial charge in [0, 0.05) is 17.1 Å². The Labute approximate surface area is 127 Å². The predicted octanol–water partition coefficient (Wildman–Crippen LogP) is 3.72. The van der Waals surface area contributed by atoms with Gasteiger partial charge in [0.25, 0.3) is 0 Å². The molecule has 5 heteroatoms. The number of rotatable bonds is 6. The number of nitrogens with zero attached hydrogens (tertiary/aromatic N) is 1. The Hall–Kier alpha value is -2.01. The molecule has 0 radical (unpaired) electrons. The van der Waals surface area contributed by atoms with Crippen molar-refractivity contribution >= 4 is 34.2 Å². The van der Waals surface area contributed by atoms with Crippen molar-refractivity contribution < 1.29 is 14.7 Å². The lowest BCUT2D eigenvalue weighted by Gasteiger charge is -2.05. The third kappa shape index (κ3) is 4.49. The molecule has 2 rings (SSSR count). The molecule has 0 aromatic heterocycles. The fourth-order valence-electron chi connectivity index (χ4n) is 1.92. The van der Waals surface area contributed by atoms with Crippen LogP contribution in [-0.2, 0) is 9.53 Å². The quantitative estimate of drug-likeness (QED) is 0.290. The van der Waals surface area contributed by atoms with Gasteiger partial charge in [-0.2, -0.15) is 0 Å². The number of benzene rings is 2. The molecule has 0 amide bonds. The Balaban J connectivity index is 1.95. The van der Waals surface area contributed by atoms with Crippen molar-refractivity contribution in [1.82, 2.24) is 0 Å². The number of carbonyl (C=O) groups is 1. The molecule has 0 heterocycles. The second-order valence-corrected chi connectivity index (χ2v) is 5.59. The number of hydrogen-bond acceptors (Lipinski definition) is 5. The number of hydrogen-bond donors (Lipinski definition) is 1. The van der Waals surface area contributed by atoms with E-state index in [1.54, 1.807) is 11.8 Å². The van der Waals surface area contributed by atoms with Gasteiger partial charge >= 0.3 is 5.97 Å². The van der Waals surface area contributed by atoms with Gasteiger partial charge in [0.1, 0.15) is 0 Å². The maximum absolute atomic E-state index is 11.1. The van der Waals surface area contributed by atoms with E-state index in [0.29, 0.717) is 17.9 Å². The first-order chi connectivity index (χ1) is 10.2. The molecule has 4 nitrogen and oxygen atoms in total. The zero-order chi connectivity index (χ0) is 15.1. The maximum Gasteiger partial charge on any atom is 0.305 e. The lowest BCUT2D eigenvalue weighted by atomic mass is 10.1. The highest BCUT2D eigenvalue weighted by Crippen LogP contribution is 2.24. The van der Waals surface area contributed by atoms with Gasteiger partial charge in [-0.1, -0.05) is 35.5 Å². The summed E-state index contributed by atoms with van der Waals surface area (Å²) in [5.41, 5.74) is 0.582. The zero-order valence-corrected chi connectivity index (χ0v) is 12.6. The van der Waals surface area contributed by atoms with Crippen LogP contribution in [0.5, 0.6) is 0 Å². The summed E-state index contributed by atoms with van der Waals surface area (Å²) >= 11 is 1.58. The molecule has 0 saturated heterocycles. The third-order valence-electron chi connectivity index (χ3n) is 3.11. The summed E-state index contributed by atoms with van der Waals surface area (Å²) in [6, 6.07) is 14.4. The zero-order valence-electron chi connectivity index (χ0n) is 11.8. The second kappa shape index (κ2) is 7.69. The Morgan fingerprint density at radius 2 is 1.95 bits per heavy atom. The van der Waals surface area contributed by atoms with E-state index in [-0.39, 0.29) is 12.4 Å². The monoisotopic (exact) mass is 303 g/mol. The van der Waals surface area contributed by atoms with E-state index in [1.165, 1.54) is 17.9 Å². The number of ether oxygens (including phenoxy) is 1. The Morgan fingerprint density at radius 3 is 2.67 bits per heavy atom. The molecular weight excluding hydrogens is 286 g/mol. The highest BCUT2D eigenvalue weighted by Gasteiger charge is 2.07. The van der Waals surface area contributed by atoms with Crippen LogP contribution < -0.4 is 0 Å². The van der Waals surface area contributed by atoms with Crippen LogP contribution in [0.3, 0.4) is 0 Å². The molecule has 0 unspecified atom stereocenters. The minimum absolute atomic E-state index is 0.230. The fraction of sp³-hybridized carbons (Fsp3) is 0.250. The van der Waals surface area contributed by atoms with Crippen LogP contribution >= 0.6 is 11.8 Å². The molecule has 2 aromatic carbocycles. The molecule has 0 bridgehead atoms. The van der Waals surface area contributed by atoms with E-state index in [4.69, 9.17) is 5.21 Å². The van der Waals surface area contributed by atoms with E-state index in [2.05, 4.69) is 34.2 Å². The Morgan fingerprint density at radius 1 is 1.19 bits per heavy atom. The highest BCUT2D eigenvalue weighted by molar-refractivity contribution is 8.00. The number of fused-ring (bicyclic) bond motifs is 1. The van der Waals surface area contributed by atoms with Crippen LogP contribution in [0.4, 0.5) is 0 Å². The maximum atomic E-state index is 11.1. The summed E-state index contributed by atoms with van der Waals surface area (Å²) in [7, 11) is 1.35. The topological polar surface area (TPSA) is 58.9 Å². The molecule has 0 atom stereocenters. The van der Waals surface area contributed by atoms with Crippen LogP contribution in [0.15, 0.2) is 52.5 Å². The first-order valence-corrected chi connectivity index (χ1v) is 7.59. The molecule has 2 aromatic rings. The van der Waals surface area contributed by atoms with Crippen molar-refractivity contribution in [2.75, 3.05) is 12.9 Å². The summed E-state index contributed by atoms with van der Waals surface area (Å²) in [5.74, 6) is 0.248. The second-order valence-electron chi connectivity index (χ2n) is 4.54. The number of thioether (sulfide) groups is 1. The Kier molecular flexibility index (Phi) is 5.63. The molecule has 0 aliphatic rings. The predicted molar refractivity (Wildman–Crippen MR) is 85.1 cm³/mol. The van der Waals surface area contributed by atoms with Gasteiger partial charge in [-0.25, -0.2) is 0 Å². The summed E-state index contributed by atoms with van der Waals surface area (Å²) in [6.45, 7) is 0. The SMILES string of the molecule is COC(=O)CCC(CSc1ccc2ccccc2c1)=NO. The van der Waals surface area contributed by atoms with Crippen LogP contribution in [0.2, 0.25) is 0 Å². The van der Waals surface area contributed by atoms with Crippen molar-refractivity contribution in [3.05, 3.63) is 42.5 Å². The van der Waals surface area contributed by atoms with Gasteiger partial charge in [-0.15, -0.1) is 11.8 Å². The summed E-state index contributed by atoms with van der Waals surface area (Å²) in [4.78, 5) is 12.2. The van der Waals surface area contributed by atoms with E-state index in [1.807, 2.05) is 18.2 Å². The molecule has 0 aliphatic heterocycles. The van der Waals surface area contributed by atoms with Crippen molar-refractivity contribution in [3.8, 4) is 0 Å². The van der Waals surface area contributed by atoms with Crippen molar-refractivity contribution in [2.45, 2.75) is 17.7 Å². The minimum Gasteiger partial charge on any atom is -0.469 e. The van der Waals surface area contributed by atoms with Crippen LogP contribution in [0.1, 0.15) is 12.8 Å². The van der Waals surface area contributed by atoms with E-state index in [9.17, 15) is 4.79 Å². The average Bonchev–Trinajstić information content (AvgIpc) is 2.54. The fourth-order valence-corrected chi connectivity index (χ4v) is 2.83. The normalized spacial score (nSPS) is 11.6. The van der Waals surface area contributed by atoms with Crippen molar-refractivity contribution in [3.63, 3.8) is 0 Å². The molecule has 0 fully saturated rings. The van der Waals surface area contributed by atoms with Crippen molar-refractivity contribution in [1.29, 1.82) is 0 Å². The average molecular weight is 303 g/mol. The summed E-state index contributed by atoms with van der Waals surface area (Å²) in [6.07, 6.45) is 0.637. The van der Waals surface area contributed by atoms with Crippen LogP contribution in [-0.4, -0.2) is 29.8 Å². The van der Waals surface area contributed by atoms with Crippen molar-refractivity contribution in [2.24, 2.45) is 5.16 Å². The molecule has 1 N–H and O–H groups in total. The van der Waals surface area contributed by atoms with Crippen LogP contribution in [0, 0.1) is 0 Å². The molecule has 0 spiro atoms.